The number of aliphatic carboxylic acids is 1. The zero-order valence-electron chi connectivity index (χ0n) is 6.61. The van der Waals surface area contributed by atoms with Crippen LogP contribution in [0.4, 0.5) is 0 Å². The van der Waals surface area contributed by atoms with E-state index in [9.17, 15) is 4.79 Å². The topological polar surface area (TPSA) is 63.3 Å². The Morgan fingerprint density at radius 3 is 2.46 bits per heavy atom. The van der Waals surface area contributed by atoms with Crippen LogP contribution < -0.4 is 5.73 Å². The van der Waals surface area contributed by atoms with Crippen LogP contribution >= 0.6 is 24.0 Å². The van der Waals surface area contributed by atoms with Gasteiger partial charge >= 0.3 is 5.97 Å². The number of benzene rings is 1. The van der Waals surface area contributed by atoms with Crippen molar-refractivity contribution in [3.8, 4) is 0 Å². The average molecular weight is 222 g/mol. The first-order chi connectivity index (χ1) is 5.63. The third-order valence-electron chi connectivity index (χ3n) is 1.51. The molecular formula is C8H9Cl2NO2. The van der Waals surface area contributed by atoms with Crippen LogP contribution in [-0.2, 0) is 4.79 Å². The normalized spacial score (nSPS) is 11.5. The van der Waals surface area contributed by atoms with Crippen LogP contribution in [0.1, 0.15) is 11.6 Å². The number of carboxylic acid groups (broad SMARTS) is 1. The largest absolute Gasteiger partial charge is 0.480 e. The molecule has 1 rings (SSSR count). The minimum absolute atomic E-state index is 0. The van der Waals surface area contributed by atoms with E-state index < -0.39 is 12.0 Å². The van der Waals surface area contributed by atoms with E-state index in [1.54, 1.807) is 24.3 Å². The highest BCUT2D eigenvalue weighted by atomic mass is 35.5. The minimum Gasteiger partial charge on any atom is -0.480 e. The molecule has 1 aromatic rings. The molecule has 0 aromatic heterocycles. The summed E-state index contributed by atoms with van der Waals surface area (Å²) in [5, 5.41) is 8.96. The fourth-order valence-corrected chi connectivity index (χ4v) is 1.11. The van der Waals surface area contributed by atoms with Gasteiger partial charge in [-0.15, -0.1) is 12.4 Å². The fraction of sp³-hybridized carbons (Fsp3) is 0.125. The van der Waals surface area contributed by atoms with Gasteiger partial charge in [0.1, 0.15) is 6.04 Å². The van der Waals surface area contributed by atoms with Crippen LogP contribution in [0.3, 0.4) is 0 Å². The molecule has 0 radical (unpaired) electrons. The van der Waals surface area contributed by atoms with Gasteiger partial charge in [-0.2, -0.15) is 0 Å². The van der Waals surface area contributed by atoms with Gasteiger partial charge in [0.2, 0.25) is 0 Å². The van der Waals surface area contributed by atoms with Crippen molar-refractivity contribution < 1.29 is 9.90 Å². The molecule has 1 atom stereocenters. The third kappa shape index (κ3) is 2.88. The Kier molecular flexibility index (Phi) is 4.77. The lowest BCUT2D eigenvalue weighted by molar-refractivity contribution is -0.138. The first-order valence-corrected chi connectivity index (χ1v) is 3.73. The molecule has 0 aliphatic heterocycles. The van der Waals surface area contributed by atoms with E-state index in [0.717, 1.165) is 0 Å². The van der Waals surface area contributed by atoms with Gasteiger partial charge in [-0.1, -0.05) is 29.8 Å². The Morgan fingerprint density at radius 2 is 2.00 bits per heavy atom. The van der Waals surface area contributed by atoms with E-state index in [1.807, 2.05) is 0 Å². The molecule has 0 saturated heterocycles. The first-order valence-electron chi connectivity index (χ1n) is 3.35. The number of hydrogen-bond acceptors (Lipinski definition) is 2. The molecule has 1 aromatic carbocycles. The molecule has 0 saturated carbocycles. The van der Waals surface area contributed by atoms with Gasteiger partial charge in [0.25, 0.3) is 0 Å². The lowest BCUT2D eigenvalue weighted by atomic mass is 10.1. The van der Waals surface area contributed by atoms with Crippen molar-refractivity contribution in [1.82, 2.24) is 0 Å². The molecule has 0 aliphatic rings. The summed E-state index contributed by atoms with van der Waals surface area (Å²) in [5.41, 5.74) is 5.79. The van der Waals surface area contributed by atoms with Gasteiger partial charge in [0.05, 0.1) is 0 Å². The summed E-state index contributed by atoms with van der Waals surface area (Å²) < 4.78 is 0. The monoisotopic (exact) mass is 221 g/mol. The lowest BCUT2D eigenvalue weighted by Gasteiger charge is -2.07. The molecule has 72 valence electrons. The van der Waals surface area contributed by atoms with Crippen molar-refractivity contribution in [3.63, 3.8) is 0 Å². The first kappa shape index (κ1) is 12.2. The SMILES string of the molecule is Cl.N[C@H](C(=O)O)c1ccccc1Cl. The smallest absolute Gasteiger partial charge is 0.325 e. The lowest BCUT2D eigenvalue weighted by Crippen LogP contribution is -2.20. The van der Waals surface area contributed by atoms with E-state index in [0.29, 0.717) is 10.6 Å². The van der Waals surface area contributed by atoms with Crippen molar-refractivity contribution in [3.05, 3.63) is 34.9 Å². The third-order valence-corrected chi connectivity index (χ3v) is 1.85. The Hall–Kier alpha value is -0.770. The molecule has 13 heavy (non-hydrogen) atoms. The van der Waals surface area contributed by atoms with Crippen LogP contribution in [0.2, 0.25) is 5.02 Å². The van der Waals surface area contributed by atoms with Crippen LogP contribution in [0.5, 0.6) is 0 Å². The molecule has 3 nitrogen and oxygen atoms in total. The van der Waals surface area contributed by atoms with Gasteiger partial charge in [-0.05, 0) is 11.6 Å². The highest BCUT2D eigenvalue weighted by molar-refractivity contribution is 6.31. The van der Waals surface area contributed by atoms with Crippen molar-refractivity contribution in [2.75, 3.05) is 0 Å². The van der Waals surface area contributed by atoms with Gasteiger partial charge in [-0.25, -0.2) is 0 Å². The molecule has 0 bridgehead atoms. The predicted molar refractivity (Wildman–Crippen MR) is 53.3 cm³/mol. The zero-order valence-corrected chi connectivity index (χ0v) is 8.18. The Balaban J connectivity index is 0.00000144. The summed E-state index contributed by atoms with van der Waals surface area (Å²) in [6.07, 6.45) is 0. The van der Waals surface area contributed by atoms with Crippen LogP contribution in [0.25, 0.3) is 0 Å². The molecule has 0 fully saturated rings. The predicted octanol–water partition coefficient (Wildman–Crippen LogP) is 1.85. The second-order valence-corrected chi connectivity index (χ2v) is 2.74. The van der Waals surface area contributed by atoms with Crippen molar-refractivity contribution in [1.29, 1.82) is 0 Å². The highest BCUT2D eigenvalue weighted by Crippen LogP contribution is 2.20. The summed E-state index contributed by atoms with van der Waals surface area (Å²) in [4.78, 5) is 10.5. The number of hydrogen-bond donors (Lipinski definition) is 2. The second kappa shape index (κ2) is 5.07. The number of rotatable bonds is 2. The van der Waals surface area contributed by atoms with E-state index >= 15 is 0 Å². The molecule has 3 N–H and O–H groups in total. The van der Waals surface area contributed by atoms with Gasteiger partial charge < -0.3 is 10.8 Å². The molecule has 0 amide bonds. The molecule has 0 unspecified atom stereocenters. The Labute approximate surface area is 86.9 Å². The van der Waals surface area contributed by atoms with Crippen LogP contribution in [0, 0.1) is 0 Å². The molecule has 5 heteroatoms. The minimum atomic E-state index is -1.08. The zero-order chi connectivity index (χ0) is 9.14. The van der Waals surface area contributed by atoms with Crippen molar-refractivity contribution >= 4 is 30.0 Å². The molecule has 0 spiro atoms. The summed E-state index contributed by atoms with van der Waals surface area (Å²) in [6.45, 7) is 0. The Bertz CT molecular complexity index is 304. The van der Waals surface area contributed by atoms with Crippen molar-refractivity contribution in [2.24, 2.45) is 5.73 Å². The standard InChI is InChI=1S/C8H8ClNO2.ClH/c9-6-4-2-1-3-5(6)7(10)8(11)12;/h1-4,7H,10H2,(H,11,12);1H/t7-;/m0./s1. The van der Waals surface area contributed by atoms with Crippen LogP contribution in [-0.4, -0.2) is 11.1 Å². The maximum atomic E-state index is 10.5. The summed E-state index contributed by atoms with van der Waals surface area (Å²) >= 11 is 5.72. The van der Waals surface area contributed by atoms with E-state index in [4.69, 9.17) is 22.4 Å². The van der Waals surface area contributed by atoms with Crippen LogP contribution in [0.15, 0.2) is 24.3 Å². The molecular weight excluding hydrogens is 213 g/mol. The number of halogens is 2. The number of nitrogens with two attached hydrogens (primary N) is 1. The van der Waals surface area contributed by atoms with Gasteiger partial charge in [0, 0.05) is 5.02 Å². The highest BCUT2D eigenvalue weighted by Gasteiger charge is 2.16. The molecule has 0 heterocycles. The average Bonchev–Trinajstić information content (AvgIpc) is 2.04. The number of carbonyl (C=O) groups is 1. The van der Waals surface area contributed by atoms with Crippen molar-refractivity contribution in [2.45, 2.75) is 6.04 Å². The maximum Gasteiger partial charge on any atom is 0.325 e. The maximum absolute atomic E-state index is 10.5. The molecule has 0 aliphatic carbocycles. The Morgan fingerprint density at radius 1 is 1.46 bits per heavy atom. The fourth-order valence-electron chi connectivity index (χ4n) is 0.860. The summed E-state index contributed by atoms with van der Waals surface area (Å²) in [7, 11) is 0. The second-order valence-electron chi connectivity index (χ2n) is 2.34. The van der Waals surface area contributed by atoms with Gasteiger partial charge in [0.15, 0.2) is 0 Å². The van der Waals surface area contributed by atoms with E-state index in [2.05, 4.69) is 0 Å². The quantitative estimate of drug-likeness (QED) is 0.802. The van der Waals surface area contributed by atoms with E-state index in [1.165, 1.54) is 0 Å². The summed E-state index contributed by atoms with van der Waals surface area (Å²) in [5.74, 6) is -1.08. The summed E-state index contributed by atoms with van der Waals surface area (Å²) in [6, 6.07) is 5.59. The number of carboxylic acids is 1. The van der Waals surface area contributed by atoms with Gasteiger partial charge in [-0.3, -0.25) is 4.79 Å². The van der Waals surface area contributed by atoms with E-state index in [-0.39, 0.29) is 12.4 Å².